The Kier molecular flexibility index (Phi) is 6.76. The molecule has 0 aliphatic rings. The van der Waals surface area contributed by atoms with Gasteiger partial charge in [-0.3, -0.25) is 4.79 Å². The van der Waals surface area contributed by atoms with E-state index in [4.69, 9.17) is 4.74 Å². The van der Waals surface area contributed by atoms with Gasteiger partial charge in [0.25, 0.3) is 0 Å². The molecule has 26 heavy (non-hydrogen) atoms. The quantitative estimate of drug-likeness (QED) is 0.768. The number of ether oxygens (including phenoxy) is 1. The summed E-state index contributed by atoms with van der Waals surface area (Å²) in [6.45, 7) is 4.73. The number of carbonyl (C=O) groups is 1. The summed E-state index contributed by atoms with van der Waals surface area (Å²) in [5.74, 6) is 0.279. The van der Waals surface area contributed by atoms with Gasteiger partial charge in [-0.15, -0.1) is 0 Å². The lowest BCUT2D eigenvalue weighted by atomic mass is 10.1. The molecule has 140 valence electrons. The minimum atomic E-state index is -3.88. The van der Waals surface area contributed by atoms with E-state index in [0.717, 1.165) is 0 Å². The fraction of sp³-hybridized carbons (Fsp3) is 0.316. The van der Waals surface area contributed by atoms with Crippen molar-refractivity contribution in [1.29, 1.82) is 0 Å². The van der Waals surface area contributed by atoms with Crippen LogP contribution in [-0.4, -0.2) is 39.4 Å². The molecule has 0 heterocycles. The lowest BCUT2D eigenvalue weighted by molar-refractivity contribution is -0.132. The van der Waals surface area contributed by atoms with Crippen molar-refractivity contribution in [3.05, 3.63) is 60.2 Å². The van der Waals surface area contributed by atoms with Gasteiger partial charge in [0, 0.05) is 13.1 Å². The van der Waals surface area contributed by atoms with Crippen molar-refractivity contribution >= 4 is 15.9 Å². The number of likely N-dealkylation sites (N-methyl/N-ethyl adjacent to an activating group) is 1. The highest BCUT2D eigenvalue weighted by Gasteiger charge is 2.29. The average molecular weight is 376 g/mol. The number of carbonyl (C=O) groups excluding carboxylic acids is 1. The van der Waals surface area contributed by atoms with Crippen LogP contribution in [0.3, 0.4) is 0 Å². The van der Waals surface area contributed by atoms with Crippen LogP contribution in [0.1, 0.15) is 25.5 Å². The molecule has 0 aliphatic heterocycles. The molecule has 0 spiro atoms. The van der Waals surface area contributed by atoms with Crippen LogP contribution in [0.2, 0.25) is 0 Å². The second kappa shape index (κ2) is 8.82. The normalized spacial score (nSPS) is 12.4. The molecule has 0 saturated heterocycles. The van der Waals surface area contributed by atoms with E-state index in [9.17, 15) is 13.2 Å². The molecule has 1 amide bonds. The topological polar surface area (TPSA) is 75.7 Å². The SMILES string of the molecule is CCN(CC)C(=O)[C@@H](NS(=O)(=O)c1ccc(OC)cc1)c1ccccc1. The molecule has 6 nitrogen and oxygen atoms in total. The third kappa shape index (κ3) is 4.62. The number of amides is 1. The largest absolute Gasteiger partial charge is 0.497 e. The summed E-state index contributed by atoms with van der Waals surface area (Å²) in [6, 6.07) is 13.9. The van der Waals surface area contributed by atoms with Crippen LogP contribution in [0, 0.1) is 0 Å². The number of hydrogen-bond donors (Lipinski definition) is 1. The van der Waals surface area contributed by atoms with Gasteiger partial charge in [0.1, 0.15) is 11.8 Å². The molecular weight excluding hydrogens is 352 g/mol. The number of benzene rings is 2. The smallest absolute Gasteiger partial charge is 0.245 e. The van der Waals surface area contributed by atoms with Crippen LogP contribution in [0.5, 0.6) is 5.75 Å². The Hall–Kier alpha value is -2.38. The molecule has 2 aromatic carbocycles. The van der Waals surface area contributed by atoms with Gasteiger partial charge in [-0.1, -0.05) is 30.3 Å². The summed E-state index contributed by atoms with van der Waals surface area (Å²) in [5.41, 5.74) is 0.599. The Morgan fingerprint density at radius 2 is 1.62 bits per heavy atom. The minimum Gasteiger partial charge on any atom is -0.497 e. The highest BCUT2D eigenvalue weighted by Crippen LogP contribution is 2.21. The maximum atomic E-state index is 12.9. The zero-order valence-electron chi connectivity index (χ0n) is 15.2. The first-order valence-electron chi connectivity index (χ1n) is 8.43. The summed E-state index contributed by atoms with van der Waals surface area (Å²) < 4.78 is 33.2. The van der Waals surface area contributed by atoms with Gasteiger partial charge in [-0.05, 0) is 43.7 Å². The van der Waals surface area contributed by atoms with Crippen LogP contribution >= 0.6 is 0 Å². The lowest BCUT2D eigenvalue weighted by Gasteiger charge is -2.26. The molecule has 0 aliphatic carbocycles. The van der Waals surface area contributed by atoms with E-state index in [1.807, 2.05) is 19.9 Å². The Morgan fingerprint density at radius 3 is 2.12 bits per heavy atom. The van der Waals surface area contributed by atoms with Gasteiger partial charge in [-0.2, -0.15) is 4.72 Å². The Morgan fingerprint density at radius 1 is 1.04 bits per heavy atom. The van der Waals surface area contributed by atoms with E-state index in [-0.39, 0.29) is 10.8 Å². The van der Waals surface area contributed by atoms with Gasteiger partial charge in [-0.25, -0.2) is 8.42 Å². The van der Waals surface area contributed by atoms with E-state index < -0.39 is 16.1 Å². The fourth-order valence-corrected chi connectivity index (χ4v) is 3.78. The fourth-order valence-electron chi connectivity index (χ4n) is 2.60. The summed E-state index contributed by atoms with van der Waals surface area (Å²) in [7, 11) is -2.37. The average Bonchev–Trinajstić information content (AvgIpc) is 2.67. The molecule has 0 fully saturated rings. The number of methoxy groups -OCH3 is 1. The number of hydrogen-bond acceptors (Lipinski definition) is 4. The van der Waals surface area contributed by atoms with Crippen molar-refractivity contribution in [2.45, 2.75) is 24.8 Å². The standard InChI is InChI=1S/C19H24N2O4S/c1-4-21(5-2)19(22)18(15-9-7-6-8-10-15)20-26(23,24)17-13-11-16(25-3)12-14-17/h6-14,18,20H,4-5H2,1-3H3/t18-/m0/s1. The van der Waals surface area contributed by atoms with Crippen molar-refractivity contribution in [2.24, 2.45) is 0 Å². The van der Waals surface area contributed by atoms with Gasteiger partial charge < -0.3 is 9.64 Å². The first kappa shape index (κ1) is 19.9. The Balaban J connectivity index is 2.37. The van der Waals surface area contributed by atoms with Crippen molar-refractivity contribution < 1.29 is 17.9 Å². The van der Waals surface area contributed by atoms with Crippen molar-refractivity contribution in [3.63, 3.8) is 0 Å². The first-order chi connectivity index (χ1) is 12.4. The second-order valence-electron chi connectivity index (χ2n) is 5.65. The molecule has 0 unspecified atom stereocenters. The monoisotopic (exact) mass is 376 g/mol. The van der Waals surface area contributed by atoms with Crippen LogP contribution in [0.15, 0.2) is 59.5 Å². The Bertz CT molecular complexity index is 816. The zero-order chi connectivity index (χ0) is 19.2. The van der Waals surface area contributed by atoms with E-state index >= 15 is 0 Å². The number of rotatable bonds is 8. The highest BCUT2D eigenvalue weighted by atomic mass is 32.2. The summed E-state index contributed by atoms with van der Waals surface area (Å²) >= 11 is 0. The molecule has 0 radical (unpaired) electrons. The van der Waals surface area contributed by atoms with Gasteiger partial charge in [0.2, 0.25) is 15.9 Å². The van der Waals surface area contributed by atoms with Crippen LogP contribution in [0.25, 0.3) is 0 Å². The highest BCUT2D eigenvalue weighted by molar-refractivity contribution is 7.89. The number of sulfonamides is 1. The van der Waals surface area contributed by atoms with Crippen molar-refractivity contribution in [1.82, 2.24) is 9.62 Å². The van der Waals surface area contributed by atoms with Crippen molar-refractivity contribution in [2.75, 3.05) is 20.2 Å². The summed E-state index contributed by atoms with van der Waals surface area (Å²) in [6.07, 6.45) is 0. The van der Waals surface area contributed by atoms with Gasteiger partial charge in [0.15, 0.2) is 0 Å². The summed E-state index contributed by atoms with van der Waals surface area (Å²) in [5, 5.41) is 0. The molecular formula is C19H24N2O4S. The maximum absolute atomic E-state index is 12.9. The molecule has 1 N–H and O–H groups in total. The summed E-state index contributed by atoms with van der Waals surface area (Å²) in [4.78, 5) is 14.6. The van der Waals surface area contributed by atoms with Crippen LogP contribution in [-0.2, 0) is 14.8 Å². The molecule has 0 saturated carbocycles. The molecule has 0 bridgehead atoms. The third-order valence-electron chi connectivity index (χ3n) is 4.10. The van der Waals surface area contributed by atoms with Crippen LogP contribution in [0.4, 0.5) is 0 Å². The minimum absolute atomic E-state index is 0.0755. The molecule has 7 heteroatoms. The molecule has 2 aromatic rings. The zero-order valence-corrected chi connectivity index (χ0v) is 16.0. The predicted molar refractivity (Wildman–Crippen MR) is 100 cm³/mol. The lowest BCUT2D eigenvalue weighted by Crippen LogP contribution is -2.42. The maximum Gasteiger partial charge on any atom is 0.245 e. The molecule has 1 atom stereocenters. The van der Waals surface area contributed by atoms with Gasteiger partial charge >= 0.3 is 0 Å². The Labute approximate surface area is 154 Å². The van der Waals surface area contributed by atoms with Gasteiger partial charge in [0.05, 0.1) is 12.0 Å². The van der Waals surface area contributed by atoms with E-state index in [0.29, 0.717) is 24.4 Å². The molecule has 2 rings (SSSR count). The van der Waals surface area contributed by atoms with Crippen LogP contribution < -0.4 is 9.46 Å². The van der Waals surface area contributed by atoms with E-state index in [1.165, 1.54) is 19.2 Å². The second-order valence-corrected chi connectivity index (χ2v) is 7.37. The van der Waals surface area contributed by atoms with E-state index in [2.05, 4.69) is 4.72 Å². The van der Waals surface area contributed by atoms with E-state index in [1.54, 1.807) is 41.3 Å². The predicted octanol–water partition coefficient (Wildman–Crippen LogP) is 2.58. The first-order valence-corrected chi connectivity index (χ1v) is 9.91. The third-order valence-corrected chi connectivity index (χ3v) is 5.54. The van der Waals surface area contributed by atoms with Crippen molar-refractivity contribution in [3.8, 4) is 5.75 Å². The number of nitrogens with one attached hydrogen (secondary N) is 1. The number of nitrogens with zero attached hydrogens (tertiary/aromatic N) is 1. The molecule has 0 aromatic heterocycles.